The minimum Gasteiger partial charge on any atom is -0.483 e. The Morgan fingerprint density at radius 3 is 2.40 bits per heavy atom. The molecule has 0 fully saturated rings. The SMILES string of the molecule is CCC(C)c1ccccc1OCC(=O)NNC(=O)Nc1ccccc1. The molecule has 0 aliphatic heterocycles. The number of ether oxygens (including phenoxy) is 1. The highest BCUT2D eigenvalue weighted by molar-refractivity contribution is 5.91. The number of carbonyl (C=O) groups is 2. The summed E-state index contributed by atoms with van der Waals surface area (Å²) >= 11 is 0. The predicted molar refractivity (Wildman–Crippen MR) is 97.4 cm³/mol. The molecule has 0 spiro atoms. The zero-order valence-corrected chi connectivity index (χ0v) is 14.4. The molecule has 3 N–H and O–H groups in total. The van der Waals surface area contributed by atoms with Gasteiger partial charge in [0.15, 0.2) is 6.61 Å². The quantitative estimate of drug-likeness (QED) is 0.704. The second kappa shape index (κ2) is 9.32. The van der Waals surface area contributed by atoms with Gasteiger partial charge in [-0.1, -0.05) is 50.2 Å². The fraction of sp³-hybridized carbons (Fsp3) is 0.263. The Morgan fingerprint density at radius 2 is 1.68 bits per heavy atom. The minimum absolute atomic E-state index is 0.181. The van der Waals surface area contributed by atoms with Crippen molar-refractivity contribution >= 4 is 17.6 Å². The first-order valence-corrected chi connectivity index (χ1v) is 8.22. The fourth-order valence-corrected chi connectivity index (χ4v) is 2.23. The number of anilines is 1. The van der Waals surface area contributed by atoms with Crippen molar-refractivity contribution in [3.63, 3.8) is 0 Å². The van der Waals surface area contributed by atoms with E-state index in [2.05, 4.69) is 30.0 Å². The summed E-state index contributed by atoms with van der Waals surface area (Å²) in [6.45, 7) is 4.03. The molecule has 0 saturated carbocycles. The Kier molecular flexibility index (Phi) is 6.83. The Balaban J connectivity index is 1.78. The largest absolute Gasteiger partial charge is 0.483 e. The van der Waals surface area contributed by atoms with Crippen LogP contribution in [0.3, 0.4) is 0 Å². The van der Waals surface area contributed by atoms with E-state index in [9.17, 15) is 9.59 Å². The van der Waals surface area contributed by atoms with Crippen molar-refractivity contribution < 1.29 is 14.3 Å². The smallest absolute Gasteiger partial charge is 0.337 e. The molecular formula is C19H23N3O3. The molecule has 0 heterocycles. The van der Waals surface area contributed by atoms with Crippen molar-refractivity contribution in [2.24, 2.45) is 0 Å². The fourth-order valence-electron chi connectivity index (χ4n) is 2.23. The number of nitrogens with one attached hydrogen (secondary N) is 3. The molecule has 0 saturated heterocycles. The van der Waals surface area contributed by atoms with Gasteiger partial charge in [-0.3, -0.25) is 10.2 Å². The number of amides is 3. The van der Waals surface area contributed by atoms with Crippen LogP contribution in [-0.4, -0.2) is 18.5 Å². The van der Waals surface area contributed by atoms with Gasteiger partial charge in [-0.05, 0) is 36.1 Å². The maximum atomic E-state index is 11.8. The number of carbonyl (C=O) groups excluding carboxylic acids is 2. The van der Waals surface area contributed by atoms with E-state index in [-0.39, 0.29) is 6.61 Å². The van der Waals surface area contributed by atoms with Crippen LogP contribution in [-0.2, 0) is 4.79 Å². The van der Waals surface area contributed by atoms with Crippen molar-refractivity contribution in [1.82, 2.24) is 10.9 Å². The first-order valence-electron chi connectivity index (χ1n) is 8.22. The normalized spacial score (nSPS) is 11.3. The molecule has 2 aromatic carbocycles. The molecule has 25 heavy (non-hydrogen) atoms. The van der Waals surface area contributed by atoms with E-state index in [4.69, 9.17) is 4.74 Å². The molecule has 6 nitrogen and oxygen atoms in total. The maximum absolute atomic E-state index is 11.8. The number of hydrogen-bond acceptors (Lipinski definition) is 3. The van der Waals surface area contributed by atoms with E-state index < -0.39 is 11.9 Å². The number of benzene rings is 2. The third-order valence-electron chi connectivity index (χ3n) is 3.77. The molecule has 3 amide bonds. The van der Waals surface area contributed by atoms with Crippen LogP contribution >= 0.6 is 0 Å². The first-order chi connectivity index (χ1) is 12.1. The topological polar surface area (TPSA) is 79.5 Å². The lowest BCUT2D eigenvalue weighted by molar-refractivity contribution is -0.123. The van der Waals surface area contributed by atoms with Crippen LogP contribution in [0.5, 0.6) is 5.75 Å². The van der Waals surface area contributed by atoms with Crippen LogP contribution in [0.25, 0.3) is 0 Å². The summed E-state index contributed by atoms with van der Waals surface area (Å²) in [5.41, 5.74) is 6.29. The van der Waals surface area contributed by atoms with Gasteiger partial charge in [0.1, 0.15) is 5.75 Å². The number of urea groups is 1. The van der Waals surface area contributed by atoms with E-state index in [0.29, 0.717) is 17.4 Å². The average Bonchev–Trinajstić information content (AvgIpc) is 2.65. The molecule has 0 aromatic heterocycles. The number of rotatable bonds is 6. The van der Waals surface area contributed by atoms with Crippen molar-refractivity contribution in [3.05, 3.63) is 60.2 Å². The Bertz CT molecular complexity index is 704. The van der Waals surface area contributed by atoms with Gasteiger partial charge in [0.25, 0.3) is 5.91 Å². The zero-order chi connectivity index (χ0) is 18.1. The Hall–Kier alpha value is -3.02. The monoisotopic (exact) mass is 341 g/mol. The summed E-state index contributed by atoms with van der Waals surface area (Å²) in [4.78, 5) is 23.5. The lowest BCUT2D eigenvalue weighted by Gasteiger charge is -2.15. The molecule has 1 unspecified atom stereocenters. The van der Waals surface area contributed by atoms with Gasteiger partial charge in [-0.2, -0.15) is 0 Å². The summed E-state index contributed by atoms with van der Waals surface area (Å²) in [6.07, 6.45) is 0.980. The standard InChI is InChI=1S/C19H23N3O3/c1-3-14(2)16-11-7-8-12-17(16)25-13-18(23)21-22-19(24)20-15-9-5-4-6-10-15/h4-12,14H,3,13H2,1-2H3,(H,21,23)(H2,20,22,24). The number of hydrazine groups is 1. The Morgan fingerprint density at radius 1 is 1.00 bits per heavy atom. The number of para-hydroxylation sites is 2. The molecule has 2 aromatic rings. The summed E-state index contributed by atoms with van der Waals surface area (Å²) in [6, 6.07) is 16.1. The van der Waals surface area contributed by atoms with Crippen LogP contribution < -0.4 is 20.9 Å². The van der Waals surface area contributed by atoms with E-state index >= 15 is 0 Å². The molecule has 0 radical (unpaired) electrons. The highest BCUT2D eigenvalue weighted by Crippen LogP contribution is 2.28. The first kappa shape index (κ1) is 18.3. The maximum Gasteiger partial charge on any atom is 0.337 e. The summed E-state index contributed by atoms with van der Waals surface area (Å²) in [7, 11) is 0. The molecule has 1 atom stereocenters. The van der Waals surface area contributed by atoms with Gasteiger partial charge < -0.3 is 10.1 Å². The molecule has 0 bridgehead atoms. The van der Waals surface area contributed by atoms with Gasteiger partial charge in [0, 0.05) is 5.69 Å². The molecule has 132 valence electrons. The van der Waals surface area contributed by atoms with Crippen molar-refractivity contribution in [1.29, 1.82) is 0 Å². The van der Waals surface area contributed by atoms with Crippen LogP contribution in [0.15, 0.2) is 54.6 Å². The summed E-state index contributed by atoms with van der Waals surface area (Å²) in [5.74, 6) is 0.580. The second-order valence-corrected chi connectivity index (χ2v) is 5.63. The highest BCUT2D eigenvalue weighted by atomic mass is 16.5. The number of hydrogen-bond donors (Lipinski definition) is 3. The second-order valence-electron chi connectivity index (χ2n) is 5.63. The highest BCUT2D eigenvalue weighted by Gasteiger charge is 2.11. The van der Waals surface area contributed by atoms with Crippen LogP contribution in [0.2, 0.25) is 0 Å². The molecular weight excluding hydrogens is 318 g/mol. The predicted octanol–water partition coefficient (Wildman–Crippen LogP) is 3.43. The molecule has 6 heteroatoms. The molecule has 0 aliphatic carbocycles. The van der Waals surface area contributed by atoms with Gasteiger partial charge in [0.05, 0.1) is 0 Å². The lowest BCUT2D eigenvalue weighted by atomic mass is 9.98. The average molecular weight is 341 g/mol. The van der Waals surface area contributed by atoms with Crippen LogP contribution in [0, 0.1) is 0 Å². The summed E-state index contributed by atoms with van der Waals surface area (Å²) in [5, 5.41) is 2.60. The zero-order valence-electron chi connectivity index (χ0n) is 14.4. The van der Waals surface area contributed by atoms with Crippen LogP contribution in [0.4, 0.5) is 10.5 Å². The van der Waals surface area contributed by atoms with Crippen molar-refractivity contribution in [2.75, 3.05) is 11.9 Å². The third kappa shape index (κ3) is 5.84. The van der Waals surface area contributed by atoms with Gasteiger partial charge in [-0.15, -0.1) is 0 Å². The minimum atomic E-state index is -0.528. The summed E-state index contributed by atoms with van der Waals surface area (Å²) < 4.78 is 5.59. The molecule has 2 rings (SSSR count). The van der Waals surface area contributed by atoms with Gasteiger partial charge in [0.2, 0.25) is 0 Å². The van der Waals surface area contributed by atoms with E-state index in [1.165, 1.54) is 0 Å². The van der Waals surface area contributed by atoms with Crippen molar-refractivity contribution in [2.45, 2.75) is 26.2 Å². The lowest BCUT2D eigenvalue weighted by Crippen LogP contribution is -2.45. The third-order valence-corrected chi connectivity index (χ3v) is 3.77. The van der Waals surface area contributed by atoms with Gasteiger partial charge in [-0.25, -0.2) is 10.2 Å². The molecule has 0 aliphatic rings. The van der Waals surface area contributed by atoms with Crippen molar-refractivity contribution in [3.8, 4) is 5.75 Å². The van der Waals surface area contributed by atoms with E-state index in [1.807, 2.05) is 30.3 Å². The Labute approximate surface area is 147 Å². The van der Waals surface area contributed by atoms with Gasteiger partial charge >= 0.3 is 6.03 Å². The van der Waals surface area contributed by atoms with E-state index in [0.717, 1.165) is 12.0 Å². The van der Waals surface area contributed by atoms with Crippen LogP contribution in [0.1, 0.15) is 31.7 Å². The van der Waals surface area contributed by atoms with E-state index in [1.54, 1.807) is 24.3 Å².